The molecule has 2 rings (SSSR count). The van der Waals surface area contributed by atoms with Gasteiger partial charge in [-0.2, -0.15) is 22.0 Å². The Morgan fingerprint density at radius 3 is 2.40 bits per heavy atom. The summed E-state index contributed by atoms with van der Waals surface area (Å²) in [6.07, 6.45) is -3.89. The monoisotopic (exact) mass is 440 g/mol. The topological polar surface area (TPSA) is 108 Å². The first-order chi connectivity index (χ1) is 13.9. The zero-order valence-corrected chi connectivity index (χ0v) is 15.5. The fraction of sp³-hybridized carbons (Fsp3) is 0.529. The van der Waals surface area contributed by atoms with Crippen LogP contribution >= 0.6 is 0 Å². The van der Waals surface area contributed by atoms with Crippen LogP contribution in [-0.2, 0) is 9.53 Å². The van der Waals surface area contributed by atoms with Crippen molar-refractivity contribution in [2.45, 2.75) is 37.4 Å². The van der Waals surface area contributed by atoms with E-state index in [4.69, 9.17) is 0 Å². The number of halogens is 5. The van der Waals surface area contributed by atoms with E-state index in [9.17, 15) is 41.7 Å². The summed E-state index contributed by atoms with van der Waals surface area (Å²) in [5.41, 5.74) is -1.25. The molecule has 0 unspecified atom stereocenters. The van der Waals surface area contributed by atoms with E-state index in [1.165, 1.54) is 0 Å². The molecule has 0 aliphatic heterocycles. The Labute approximate surface area is 166 Å². The quantitative estimate of drug-likeness (QED) is 0.273. The normalized spacial score (nSPS) is 15.3. The summed E-state index contributed by atoms with van der Waals surface area (Å²) < 4.78 is 72.0. The molecule has 1 saturated carbocycles. The molecule has 0 bridgehead atoms. The maximum atomic E-state index is 13.1. The van der Waals surface area contributed by atoms with Crippen molar-refractivity contribution < 1.29 is 45.9 Å². The Bertz CT molecular complexity index is 825. The number of nitrogens with zero attached hydrogens (tertiary/aromatic N) is 1. The molecule has 13 heteroatoms. The second-order valence-electron chi connectivity index (χ2n) is 6.66. The lowest BCUT2D eigenvalue weighted by Crippen LogP contribution is -2.42. The average molecular weight is 440 g/mol. The maximum absolute atomic E-state index is 13.1. The summed E-state index contributed by atoms with van der Waals surface area (Å²) in [7, 11) is 1.12. The zero-order chi connectivity index (χ0) is 22.7. The second-order valence-corrected chi connectivity index (χ2v) is 6.66. The van der Waals surface area contributed by atoms with E-state index in [-0.39, 0.29) is 11.5 Å². The Morgan fingerprint density at radius 1 is 1.27 bits per heavy atom. The van der Waals surface area contributed by atoms with Crippen LogP contribution in [0.4, 0.5) is 27.6 Å². The number of ether oxygens (including phenoxy) is 2. The van der Waals surface area contributed by atoms with Crippen molar-refractivity contribution >= 4 is 17.6 Å². The molecular formula is C17H17F5N2O6. The van der Waals surface area contributed by atoms with Gasteiger partial charge in [-0.1, -0.05) is 12.8 Å². The molecule has 1 fully saturated rings. The minimum Gasteiger partial charge on any atom is -0.480 e. The fourth-order valence-electron chi connectivity index (χ4n) is 2.46. The minimum absolute atomic E-state index is 0.217. The van der Waals surface area contributed by atoms with E-state index in [1.54, 1.807) is 0 Å². The lowest BCUT2D eigenvalue weighted by atomic mass is 10.1. The molecule has 1 aromatic carbocycles. The van der Waals surface area contributed by atoms with Crippen LogP contribution in [0.15, 0.2) is 18.2 Å². The molecule has 0 saturated heterocycles. The summed E-state index contributed by atoms with van der Waals surface area (Å²) in [6.45, 7) is -2.21. The van der Waals surface area contributed by atoms with Crippen LogP contribution in [0.1, 0.15) is 29.6 Å². The van der Waals surface area contributed by atoms with Gasteiger partial charge in [-0.05, 0) is 18.4 Å². The van der Waals surface area contributed by atoms with Gasteiger partial charge in [0, 0.05) is 17.7 Å². The molecule has 8 nitrogen and oxygen atoms in total. The van der Waals surface area contributed by atoms with Gasteiger partial charge in [0.1, 0.15) is 6.04 Å². The highest BCUT2D eigenvalue weighted by molar-refractivity contribution is 5.97. The number of alkyl halides is 5. The first-order valence-electron chi connectivity index (χ1n) is 8.60. The summed E-state index contributed by atoms with van der Waals surface area (Å²) in [5, 5.41) is 13.4. The van der Waals surface area contributed by atoms with Gasteiger partial charge in [0.2, 0.25) is 0 Å². The highest BCUT2D eigenvalue weighted by atomic mass is 19.4. The maximum Gasteiger partial charge on any atom is 0.456 e. The standard InChI is InChI=1S/C17H17F5N2O6/c1-29-15(26)11(6-9-2-3-9)23-14(25)10-4-5-12(24(27)28)13(7-10)30-8-16(18,19)17(20,21)22/h4-5,7,9,11H,2-3,6,8H2,1H3,(H,23,25)/t11-/m0/s1. The molecule has 30 heavy (non-hydrogen) atoms. The van der Waals surface area contributed by atoms with Crippen LogP contribution in [0.3, 0.4) is 0 Å². The Hall–Kier alpha value is -2.99. The van der Waals surface area contributed by atoms with Crippen molar-refractivity contribution in [1.82, 2.24) is 5.32 Å². The minimum atomic E-state index is -5.92. The van der Waals surface area contributed by atoms with Gasteiger partial charge in [-0.15, -0.1) is 0 Å². The first kappa shape index (κ1) is 23.3. The van der Waals surface area contributed by atoms with Crippen LogP contribution in [0.25, 0.3) is 0 Å². The number of nitrogens with one attached hydrogen (secondary N) is 1. The summed E-state index contributed by atoms with van der Waals surface area (Å²) in [4.78, 5) is 34.2. The number of rotatable bonds is 9. The van der Waals surface area contributed by atoms with E-state index in [0.717, 1.165) is 32.1 Å². The number of carbonyl (C=O) groups is 2. The number of hydrogen-bond acceptors (Lipinski definition) is 6. The van der Waals surface area contributed by atoms with Crippen LogP contribution in [-0.4, -0.2) is 48.7 Å². The molecule has 0 spiro atoms. The summed E-state index contributed by atoms with van der Waals surface area (Å²) in [6, 6.07) is 1.33. The molecule has 1 aromatic rings. The van der Waals surface area contributed by atoms with E-state index >= 15 is 0 Å². The van der Waals surface area contributed by atoms with Gasteiger partial charge < -0.3 is 14.8 Å². The predicted octanol–water partition coefficient (Wildman–Crippen LogP) is 3.24. The van der Waals surface area contributed by atoms with E-state index in [0.29, 0.717) is 12.5 Å². The largest absolute Gasteiger partial charge is 0.480 e. The Kier molecular flexibility index (Phi) is 6.83. The smallest absolute Gasteiger partial charge is 0.456 e. The number of nitro groups is 1. The molecule has 1 aliphatic carbocycles. The predicted molar refractivity (Wildman–Crippen MR) is 90.2 cm³/mol. The number of carbonyl (C=O) groups excluding carboxylic acids is 2. The average Bonchev–Trinajstić information content (AvgIpc) is 3.48. The fourth-order valence-corrected chi connectivity index (χ4v) is 2.46. The summed E-state index contributed by atoms with van der Waals surface area (Å²) >= 11 is 0. The van der Waals surface area contributed by atoms with E-state index in [1.807, 2.05) is 0 Å². The number of nitro benzene ring substituents is 1. The van der Waals surface area contributed by atoms with Crippen molar-refractivity contribution in [2.24, 2.45) is 5.92 Å². The molecule has 0 heterocycles. The van der Waals surface area contributed by atoms with Gasteiger partial charge in [-0.3, -0.25) is 14.9 Å². The van der Waals surface area contributed by atoms with Crippen molar-refractivity contribution in [1.29, 1.82) is 0 Å². The van der Waals surface area contributed by atoms with Crippen molar-refractivity contribution in [3.8, 4) is 5.75 Å². The van der Waals surface area contributed by atoms with Crippen LogP contribution < -0.4 is 10.1 Å². The van der Waals surface area contributed by atoms with E-state index in [2.05, 4.69) is 14.8 Å². The third kappa shape index (κ3) is 5.76. The number of esters is 1. The molecular weight excluding hydrogens is 423 g/mol. The van der Waals surface area contributed by atoms with Crippen LogP contribution in [0.2, 0.25) is 0 Å². The third-order valence-electron chi connectivity index (χ3n) is 4.30. The zero-order valence-electron chi connectivity index (χ0n) is 15.5. The lowest BCUT2D eigenvalue weighted by Gasteiger charge is -2.20. The van der Waals surface area contributed by atoms with Crippen molar-refractivity contribution in [3.63, 3.8) is 0 Å². The molecule has 166 valence electrons. The number of hydrogen-bond donors (Lipinski definition) is 1. The van der Waals surface area contributed by atoms with Crippen LogP contribution in [0.5, 0.6) is 5.75 Å². The van der Waals surface area contributed by atoms with Crippen molar-refractivity contribution in [3.05, 3.63) is 33.9 Å². The lowest BCUT2D eigenvalue weighted by molar-refractivity contribution is -0.386. The van der Waals surface area contributed by atoms with Gasteiger partial charge in [0.25, 0.3) is 5.91 Å². The van der Waals surface area contributed by atoms with Gasteiger partial charge >= 0.3 is 23.8 Å². The number of benzene rings is 1. The Morgan fingerprint density at radius 2 is 1.90 bits per heavy atom. The SMILES string of the molecule is COC(=O)[C@H](CC1CC1)NC(=O)c1ccc([N+](=O)[O-])c(OCC(F)(F)C(F)(F)F)c1. The van der Waals surface area contributed by atoms with E-state index < -0.39 is 53.0 Å². The number of amides is 1. The van der Waals surface area contributed by atoms with Crippen LogP contribution in [0, 0.1) is 16.0 Å². The molecule has 1 atom stereocenters. The molecule has 1 amide bonds. The summed E-state index contributed by atoms with van der Waals surface area (Å²) in [5.74, 6) is -7.63. The first-order valence-corrected chi connectivity index (χ1v) is 8.60. The number of methoxy groups -OCH3 is 1. The highest BCUT2D eigenvalue weighted by Crippen LogP contribution is 2.37. The Balaban J connectivity index is 2.21. The van der Waals surface area contributed by atoms with Crippen molar-refractivity contribution in [2.75, 3.05) is 13.7 Å². The second kappa shape index (κ2) is 8.79. The van der Waals surface area contributed by atoms with Gasteiger partial charge in [0.05, 0.1) is 12.0 Å². The molecule has 0 radical (unpaired) electrons. The molecule has 0 aromatic heterocycles. The molecule has 1 aliphatic rings. The van der Waals surface area contributed by atoms with Gasteiger partial charge in [0.15, 0.2) is 12.4 Å². The highest BCUT2D eigenvalue weighted by Gasteiger charge is 2.58. The van der Waals surface area contributed by atoms with Gasteiger partial charge in [-0.25, -0.2) is 4.79 Å². The molecule has 1 N–H and O–H groups in total. The third-order valence-corrected chi connectivity index (χ3v) is 4.30.